The van der Waals surface area contributed by atoms with Gasteiger partial charge in [-0.25, -0.2) is 0 Å². The maximum Gasteiger partial charge on any atom is 0.143 e. The molecular formula is C11H18O2. The molecule has 2 aliphatic carbocycles. The first-order chi connectivity index (χ1) is 6.16. The van der Waals surface area contributed by atoms with Crippen molar-refractivity contribution >= 4 is 5.78 Å². The van der Waals surface area contributed by atoms with E-state index in [1.54, 1.807) is 0 Å². The number of ketones is 1. The fourth-order valence-corrected chi connectivity index (χ4v) is 1.88. The topological polar surface area (TPSA) is 26.3 Å². The van der Waals surface area contributed by atoms with Crippen molar-refractivity contribution in [3.63, 3.8) is 0 Å². The third kappa shape index (κ3) is 1.52. The summed E-state index contributed by atoms with van der Waals surface area (Å²) in [5.74, 6) is 1.19. The van der Waals surface area contributed by atoms with Gasteiger partial charge in [-0.15, -0.1) is 0 Å². The third-order valence-corrected chi connectivity index (χ3v) is 3.68. The molecule has 2 fully saturated rings. The Morgan fingerprint density at radius 3 is 2.69 bits per heavy atom. The molecular weight excluding hydrogens is 164 g/mol. The maximum absolute atomic E-state index is 11.4. The first-order valence-corrected chi connectivity index (χ1v) is 5.31. The van der Waals surface area contributed by atoms with Gasteiger partial charge in [0, 0.05) is 13.0 Å². The zero-order valence-electron chi connectivity index (χ0n) is 8.51. The molecule has 0 amide bonds. The summed E-state index contributed by atoms with van der Waals surface area (Å²) in [6, 6.07) is 0. The lowest BCUT2D eigenvalue weighted by Gasteiger charge is -2.44. The molecule has 0 bridgehead atoms. The van der Waals surface area contributed by atoms with Crippen LogP contribution in [0.25, 0.3) is 0 Å². The highest BCUT2D eigenvalue weighted by molar-refractivity contribution is 5.91. The summed E-state index contributed by atoms with van der Waals surface area (Å²) in [6.45, 7) is 4.99. The van der Waals surface area contributed by atoms with Crippen LogP contribution in [0, 0.1) is 11.3 Å². The van der Waals surface area contributed by atoms with Crippen LogP contribution in [0.3, 0.4) is 0 Å². The van der Waals surface area contributed by atoms with Crippen molar-refractivity contribution in [1.82, 2.24) is 0 Å². The highest BCUT2D eigenvalue weighted by Crippen LogP contribution is 2.43. The molecule has 2 rings (SSSR count). The lowest BCUT2D eigenvalue weighted by Crippen LogP contribution is -2.53. The average molecular weight is 182 g/mol. The standard InChI is InChI=1S/C11H18O2/c1-3-11(2)9(12)6-10(11)13-7-8-4-5-8/h8,10H,3-7H2,1-2H3. The van der Waals surface area contributed by atoms with E-state index in [1.807, 2.05) is 6.92 Å². The van der Waals surface area contributed by atoms with Crippen LogP contribution in [0.4, 0.5) is 0 Å². The van der Waals surface area contributed by atoms with E-state index in [4.69, 9.17) is 4.74 Å². The molecule has 2 aliphatic rings. The fourth-order valence-electron chi connectivity index (χ4n) is 1.88. The van der Waals surface area contributed by atoms with Crippen molar-refractivity contribution in [3.8, 4) is 0 Å². The van der Waals surface area contributed by atoms with Gasteiger partial charge in [0.15, 0.2) is 0 Å². The Bertz CT molecular complexity index is 220. The van der Waals surface area contributed by atoms with Crippen LogP contribution in [-0.2, 0) is 9.53 Å². The quantitative estimate of drug-likeness (QED) is 0.666. The van der Waals surface area contributed by atoms with Gasteiger partial charge < -0.3 is 4.74 Å². The SMILES string of the molecule is CCC1(C)C(=O)CC1OCC1CC1. The van der Waals surface area contributed by atoms with Crippen molar-refractivity contribution in [2.24, 2.45) is 11.3 Å². The van der Waals surface area contributed by atoms with Crippen LogP contribution >= 0.6 is 0 Å². The van der Waals surface area contributed by atoms with Gasteiger partial charge >= 0.3 is 0 Å². The molecule has 0 saturated heterocycles. The van der Waals surface area contributed by atoms with E-state index in [0.29, 0.717) is 12.2 Å². The largest absolute Gasteiger partial charge is 0.376 e. The van der Waals surface area contributed by atoms with E-state index in [1.165, 1.54) is 12.8 Å². The first-order valence-electron chi connectivity index (χ1n) is 5.31. The monoisotopic (exact) mass is 182 g/mol. The Balaban J connectivity index is 1.82. The molecule has 2 heteroatoms. The summed E-state index contributed by atoms with van der Waals surface area (Å²) in [5, 5.41) is 0. The summed E-state index contributed by atoms with van der Waals surface area (Å²) < 4.78 is 5.76. The molecule has 0 aliphatic heterocycles. The Morgan fingerprint density at radius 2 is 2.23 bits per heavy atom. The Kier molecular flexibility index (Phi) is 2.18. The summed E-state index contributed by atoms with van der Waals surface area (Å²) >= 11 is 0. The smallest absolute Gasteiger partial charge is 0.143 e. The highest BCUT2D eigenvalue weighted by atomic mass is 16.5. The van der Waals surface area contributed by atoms with Crippen LogP contribution in [-0.4, -0.2) is 18.5 Å². The molecule has 2 atom stereocenters. The second-order valence-corrected chi connectivity index (χ2v) is 4.66. The summed E-state index contributed by atoms with van der Waals surface area (Å²) in [4.78, 5) is 11.4. The van der Waals surface area contributed by atoms with E-state index in [0.717, 1.165) is 18.9 Å². The number of hydrogen-bond donors (Lipinski definition) is 0. The van der Waals surface area contributed by atoms with Gasteiger partial charge in [0.1, 0.15) is 5.78 Å². The Labute approximate surface area is 79.7 Å². The second kappa shape index (κ2) is 3.09. The summed E-state index contributed by atoms with van der Waals surface area (Å²) in [5.41, 5.74) is -0.158. The summed E-state index contributed by atoms with van der Waals surface area (Å²) in [7, 11) is 0. The molecule has 2 nitrogen and oxygen atoms in total. The normalized spacial score (nSPS) is 38.9. The molecule has 0 spiro atoms. The van der Waals surface area contributed by atoms with E-state index < -0.39 is 0 Å². The number of carbonyl (C=O) groups is 1. The highest BCUT2D eigenvalue weighted by Gasteiger charge is 2.50. The van der Waals surface area contributed by atoms with Gasteiger partial charge in [0.05, 0.1) is 11.5 Å². The zero-order chi connectivity index (χ0) is 9.47. The number of rotatable bonds is 4. The fraction of sp³-hybridized carbons (Fsp3) is 0.909. The van der Waals surface area contributed by atoms with Gasteiger partial charge in [-0.2, -0.15) is 0 Å². The van der Waals surface area contributed by atoms with E-state index >= 15 is 0 Å². The number of hydrogen-bond acceptors (Lipinski definition) is 2. The lowest BCUT2D eigenvalue weighted by molar-refractivity contribution is -0.162. The molecule has 2 unspecified atom stereocenters. The number of ether oxygens (including phenoxy) is 1. The maximum atomic E-state index is 11.4. The van der Waals surface area contributed by atoms with Gasteiger partial charge in [-0.3, -0.25) is 4.79 Å². The zero-order valence-corrected chi connectivity index (χ0v) is 8.51. The molecule has 13 heavy (non-hydrogen) atoms. The molecule has 0 aromatic carbocycles. The molecule has 74 valence electrons. The Morgan fingerprint density at radius 1 is 1.54 bits per heavy atom. The lowest BCUT2D eigenvalue weighted by atomic mass is 9.64. The van der Waals surface area contributed by atoms with E-state index in [-0.39, 0.29) is 11.5 Å². The van der Waals surface area contributed by atoms with Gasteiger partial charge in [0.25, 0.3) is 0 Å². The molecule has 0 N–H and O–H groups in total. The van der Waals surface area contributed by atoms with Crippen LogP contribution in [0.2, 0.25) is 0 Å². The van der Waals surface area contributed by atoms with Crippen LogP contribution in [0.1, 0.15) is 39.5 Å². The minimum atomic E-state index is -0.158. The van der Waals surface area contributed by atoms with Crippen molar-refractivity contribution in [1.29, 1.82) is 0 Å². The second-order valence-electron chi connectivity index (χ2n) is 4.66. The predicted molar refractivity (Wildman–Crippen MR) is 50.5 cm³/mol. The third-order valence-electron chi connectivity index (χ3n) is 3.68. The summed E-state index contributed by atoms with van der Waals surface area (Å²) in [6.07, 6.45) is 4.43. The molecule has 0 aromatic rings. The average Bonchev–Trinajstić information content (AvgIpc) is 2.94. The molecule has 0 aromatic heterocycles. The molecule has 0 heterocycles. The van der Waals surface area contributed by atoms with Crippen molar-refractivity contribution in [2.75, 3.05) is 6.61 Å². The van der Waals surface area contributed by atoms with E-state index in [9.17, 15) is 4.79 Å². The van der Waals surface area contributed by atoms with Crippen LogP contribution in [0.15, 0.2) is 0 Å². The number of Topliss-reactive ketones (excluding diaryl/α,β-unsaturated/α-hetero) is 1. The minimum Gasteiger partial charge on any atom is -0.376 e. The minimum absolute atomic E-state index is 0.158. The van der Waals surface area contributed by atoms with Crippen molar-refractivity contribution < 1.29 is 9.53 Å². The van der Waals surface area contributed by atoms with Gasteiger partial charge in [-0.1, -0.05) is 13.8 Å². The van der Waals surface area contributed by atoms with E-state index in [2.05, 4.69) is 6.92 Å². The number of carbonyl (C=O) groups excluding carboxylic acids is 1. The van der Waals surface area contributed by atoms with Crippen molar-refractivity contribution in [2.45, 2.75) is 45.6 Å². The molecule has 0 radical (unpaired) electrons. The van der Waals surface area contributed by atoms with Gasteiger partial charge in [-0.05, 0) is 25.2 Å². The van der Waals surface area contributed by atoms with Crippen LogP contribution < -0.4 is 0 Å². The van der Waals surface area contributed by atoms with Gasteiger partial charge in [0.2, 0.25) is 0 Å². The predicted octanol–water partition coefficient (Wildman–Crippen LogP) is 2.17. The van der Waals surface area contributed by atoms with Crippen molar-refractivity contribution in [3.05, 3.63) is 0 Å². The van der Waals surface area contributed by atoms with Crippen LogP contribution in [0.5, 0.6) is 0 Å². The molecule has 2 saturated carbocycles. The first kappa shape index (κ1) is 9.20. The Hall–Kier alpha value is -0.370.